The second kappa shape index (κ2) is 5.35. The van der Waals surface area contributed by atoms with Gasteiger partial charge in [-0.3, -0.25) is 4.79 Å². The first-order valence-electron chi connectivity index (χ1n) is 7.14. The van der Waals surface area contributed by atoms with E-state index in [-0.39, 0.29) is 5.91 Å². The van der Waals surface area contributed by atoms with Crippen molar-refractivity contribution in [2.24, 2.45) is 0 Å². The average molecular weight is 432 g/mol. The minimum atomic E-state index is -0.0767. The van der Waals surface area contributed by atoms with Crippen LogP contribution in [0.5, 0.6) is 0 Å². The number of fused-ring (bicyclic) bond motifs is 2. The van der Waals surface area contributed by atoms with Crippen LogP contribution in [0.3, 0.4) is 0 Å². The van der Waals surface area contributed by atoms with E-state index in [1.54, 1.807) is 0 Å². The molecule has 1 aliphatic heterocycles. The number of amides is 1. The van der Waals surface area contributed by atoms with Crippen LogP contribution in [-0.2, 0) is 4.79 Å². The molecule has 3 aromatic rings. The molecule has 0 aliphatic carbocycles. The minimum absolute atomic E-state index is 0.0767. The van der Waals surface area contributed by atoms with E-state index in [0.717, 1.165) is 42.2 Å². The highest BCUT2D eigenvalue weighted by Crippen LogP contribution is 2.43. The van der Waals surface area contributed by atoms with Crippen LogP contribution in [0.1, 0.15) is 16.7 Å². The first-order chi connectivity index (χ1) is 11.1. The largest absolute Gasteiger partial charge is 0.361 e. The smallest absolute Gasteiger partial charge is 0.256 e. The summed E-state index contributed by atoms with van der Waals surface area (Å²) in [6.45, 7) is 2.01. The second-order valence-corrected chi connectivity index (χ2v) is 7.23. The maximum Gasteiger partial charge on any atom is 0.256 e. The van der Waals surface area contributed by atoms with Crippen molar-refractivity contribution in [2.75, 3.05) is 5.32 Å². The van der Waals surface area contributed by atoms with Crippen LogP contribution in [0.2, 0.25) is 0 Å². The maximum atomic E-state index is 12.5. The van der Waals surface area contributed by atoms with Gasteiger partial charge in [0.1, 0.15) is 0 Å². The number of carbonyl (C=O) groups is 1. The Kier molecular flexibility index (Phi) is 3.43. The molecule has 23 heavy (non-hydrogen) atoms. The Morgan fingerprint density at radius 1 is 1.13 bits per heavy atom. The SMILES string of the molecule is Cc1c(Br)cc(Br)c2c1C(=Cc1c[nH]c3ccccc13)C(=O)N2. The number of hydrogen-bond acceptors (Lipinski definition) is 1. The van der Waals surface area contributed by atoms with Crippen LogP contribution in [0.4, 0.5) is 5.69 Å². The molecular weight excluding hydrogens is 420 g/mol. The van der Waals surface area contributed by atoms with Gasteiger partial charge in [0.25, 0.3) is 5.91 Å². The van der Waals surface area contributed by atoms with E-state index in [1.807, 2.05) is 43.5 Å². The molecule has 0 spiro atoms. The second-order valence-electron chi connectivity index (χ2n) is 5.52. The number of anilines is 1. The van der Waals surface area contributed by atoms with Crippen molar-refractivity contribution < 1.29 is 4.79 Å². The zero-order valence-corrected chi connectivity index (χ0v) is 15.4. The molecule has 2 N–H and O–H groups in total. The van der Waals surface area contributed by atoms with Gasteiger partial charge in [-0.25, -0.2) is 0 Å². The molecule has 0 atom stereocenters. The Morgan fingerprint density at radius 3 is 2.74 bits per heavy atom. The van der Waals surface area contributed by atoms with Crippen molar-refractivity contribution in [3.63, 3.8) is 0 Å². The third kappa shape index (κ3) is 2.26. The first kappa shape index (κ1) is 14.7. The van der Waals surface area contributed by atoms with Gasteiger partial charge in [-0.15, -0.1) is 0 Å². The third-order valence-electron chi connectivity index (χ3n) is 4.15. The van der Waals surface area contributed by atoms with Crippen LogP contribution >= 0.6 is 31.9 Å². The zero-order valence-electron chi connectivity index (χ0n) is 12.2. The van der Waals surface area contributed by atoms with Crippen LogP contribution in [-0.4, -0.2) is 10.9 Å². The molecule has 0 bridgehead atoms. The molecule has 1 aromatic heterocycles. The number of carbonyl (C=O) groups excluding carboxylic acids is 1. The third-order valence-corrected chi connectivity index (χ3v) is 5.60. The van der Waals surface area contributed by atoms with E-state index in [1.165, 1.54) is 0 Å². The van der Waals surface area contributed by atoms with Crippen LogP contribution in [0.15, 0.2) is 45.5 Å². The topological polar surface area (TPSA) is 44.9 Å². The highest BCUT2D eigenvalue weighted by atomic mass is 79.9. The number of aromatic amines is 1. The number of H-pyrrole nitrogens is 1. The number of nitrogens with one attached hydrogen (secondary N) is 2. The molecule has 0 saturated heterocycles. The van der Waals surface area contributed by atoms with Crippen molar-refractivity contribution in [3.05, 3.63) is 62.2 Å². The molecule has 5 heteroatoms. The van der Waals surface area contributed by atoms with Crippen LogP contribution in [0.25, 0.3) is 22.6 Å². The first-order valence-corrected chi connectivity index (χ1v) is 8.73. The molecule has 0 saturated carbocycles. The molecule has 0 radical (unpaired) electrons. The van der Waals surface area contributed by atoms with Gasteiger partial charge in [0.2, 0.25) is 0 Å². The Labute approximate surface area is 150 Å². The monoisotopic (exact) mass is 430 g/mol. The van der Waals surface area contributed by atoms with E-state index >= 15 is 0 Å². The lowest BCUT2D eigenvalue weighted by atomic mass is 9.99. The predicted molar refractivity (Wildman–Crippen MR) is 101 cm³/mol. The summed E-state index contributed by atoms with van der Waals surface area (Å²) in [6, 6.07) is 10.0. The zero-order chi connectivity index (χ0) is 16.1. The van der Waals surface area contributed by atoms with Crippen molar-refractivity contribution in [1.82, 2.24) is 4.98 Å². The van der Waals surface area contributed by atoms with Crippen molar-refractivity contribution >= 4 is 66.0 Å². The average Bonchev–Trinajstić information content (AvgIpc) is 3.08. The lowest BCUT2D eigenvalue weighted by Gasteiger charge is -2.08. The summed E-state index contributed by atoms with van der Waals surface area (Å²) in [6.07, 6.45) is 3.89. The molecule has 2 aromatic carbocycles. The molecule has 3 nitrogen and oxygen atoms in total. The van der Waals surface area contributed by atoms with Crippen molar-refractivity contribution in [2.45, 2.75) is 6.92 Å². The number of halogens is 2. The van der Waals surface area contributed by atoms with E-state index in [4.69, 9.17) is 0 Å². The van der Waals surface area contributed by atoms with Crippen molar-refractivity contribution in [1.29, 1.82) is 0 Å². The van der Waals surface area contributed by atoms with Gasteiger partial charge < -0.3 is 10.3 Å². The maximum absolute atomic E-state index is 12.5. The summed E-state index contributed by atoms with van der Waals surface area (Å²) in [5.74, 6) is -0.0767. The summed E-state index contributed by atoms with van der Waals surface area (Å²) in [5.41, 5.74) is 5.58. The van der Waals surface area contributed by atoms with Crippen molar-refractivity contribution in [3.8, 4) is 0 Å². The van der Waals surface area contributed by atoms with Gasteiger partial charge in [0.05, 0.1) is 11.3 Å². The summed E-state index contributed by atoms with van der Waals surface area (Å²) in [7, 11) is 0. The van der Waals surface area contributed by atoms with Gasteiger partial charge in [0, 0.05) is 37.2 Å². The molecule has 114 valence electrons. The quantitative estimate of drug-likeness (QED) is 0.491. The van der Waals surface area contributed by atoms with E-state index in [0.29, 0.717) is 5.57 Å². The fraction of sp³-hybridized carbons (Fsp3) is 0.0556. The predicted octanol–water partition coefficient (Wildman–Crippen LogP) is 5.49. The standard InChI is InChI=1S/C18H12Br2N2O/c1-9-13(19)7-14(20)17-16(9)12(18(23)22-17)6-10-8-21-15-5-3-2-4-11(10)15/h2-8,21H,1H3,(H,22,23). The van der Waals surface area contributed by atoms with Crippen LogP contribution in [0, 0.1) is 6.92 Å². The molecule has 1 amide bonds. The number of rotatable bonds is 1. The summed E-state index contributed by atoms with van der Waals surface area (Å²) < 4.78 is 1.85. The molecule has 2 heterocycles. The van der Waals surface area contributed by atoms with Gasteiger partial charge in [-0.2, -0.15) is 0 Å². The Bertz CT molecular complexity index is 1000. The Morgan fingerprint density at radius 2 is 1.91 bits per heavy atom. The van der Waals surface area contributed by atoms with Gasteiger partial charge >= 0.3 is 0 Å². The Hall–Kier alpha value is -1.85. The summed E-state index contributed by atoms with van der Waals surface area (Å²) in [5, 5.41) is 4.06. The molecular formula is C18H12Br2N2O. The van der Waals surface area contributed by atoms with E-state index in [2.05, 4.69) is 48.2 Å². The number of benzene rings is 2. The summed E-state index contributed by atoms with van der Waals surface area (Å²) in [4.78, 5) is 15.7. The lowest BCUT2D eigenvalue weighted by Crippen LogP contribution is -2.03. The number of aromatic nitrogens is 1. The molecule has 0 unspecified atom stereocenters. The van der Waals surface area contributed by atoms with E-state index in [9.17, 15) is 4.79 Å². The lowest BCUT2D eigenvalue weighted by molar-refractivity contribution is -0.110. The summed E-state index contributed by atoms with van der Waals surface area (Å²) >= 11 is 7.09. The molecule has 0 fully saturated rings. The number of para-hydroxylation sites is 1. The molecule has 1 aliphatic rings. The minimum Gasteiger partial charge on any atom is -0.361 e. The van der Waals surface area contributed by atoms with E-state index < -0.39 is 0 Å². The highest BCUT2D eigenvalue weighted by Gasteiger charge is 2.29. The fourth-order valence-electron chi connectivity index (χ4n) is 2.98. The highest BCUT2D eigenvalue weighted by molar-refractivity contribution is 9.11. The normalized spacial score (nSPS) is 15.3. The van der Waals surface area contributed by atoms with Gasteiger partial charge in [-0.05, 0) is 46.6 Å². The molecule has 4 rings (SSSR count). The van der Waals surface area contributed by atoms with Gasteiger partial charge in [0.15, 0.2) is 0 Å². The fourth-order valence-corrected chi connectivity index (χ4v) is 4.24. The van der Waals surface area contributed by atoms with Gasteiger partial charge in [-0.1, -0.05) is 34.1 Å². The Balaban J connectivity index is 1.96. The number of hydrogen-bond donors (Lipinski definition) is 2. The van der Waals surface area contributed by atoms with Crippen LogP contribution < -0.4 is 5.32 Å².